The highest BCUT2D eigenvalue weighted by atomic mass is 16.2. The molecule has 2 atom stereocenters. The van der Waals surface area contributed by atoms with Crippen molar-refractivity contribution in [2.45, 2.75) is 38.1 Å². The number of benzene rings is 2. The standard InChI is InChI=1S/C23H26N2O/c1-2-17-11-9-10-16-20(17)25-23(26)22(24)21(18-12-5-3-6-13-18)19-14-7-4-8-15-19/h3-7,9-14,16,21-22H,2,8,15,24H2,1H3,(H,25,26). The first-order valence-corrected chi connectivity index (χ1v) is 9.25. The molecule has 1 amide bonds. The van der Waals surface area contributed by atoms with Gasteiger partial charge in [0, 0.05) is 11.6 Å². The van der Waals surface area contributed by atoms with Crippen LogP contribution in [0.2, 0.25) is 0 Å². The van der Waals surface area contributed by atoms with E-state index >= 15 is 0 Å². The fraction of sp³-hybridized carbons (Fsp3) is 0.261. The molecular formula is C23H26N2O. The van der Waals surface area contributed by atoms with Crippen LogP contribution in [-0.4, -0.2) is 11.9 Å². The van der Waals surface area contributed by atoms with Crippen LogP contribution in [0.15, 0.2) is 78.4 Å². The summed E-state index contributed by atoms with van der Waals surface area (Å²) in [5.41, 5.74) is 10.7. The van der Waals surface area contributed by atoms with Gasteiger partial charge in [0.1, 0.15) is 0 Å². The SMILES string of the molecule is CCc1ccccc1NC(=O)C(N)C(C1=CC=CCC1)c1ccccc1. The van der Waals surface area contributed by atoms with Crippen molar-refractivity contribution in [3.8, 4) is 0 Å². The molecule has 0 aromatic heterocycles. The van der Waals surface area contributed by atoms with Gasteiger partial charge >= 0.3 is 0 Å². The molecule has 134 valence electrons. The molecule has 0 spiro atoms. The predicted molar refractivity (Wildman–Crippen MR) is 108 cm³/mol. The number of carbonyl (C=O) groups is 1. The lowest BCUT2D eigenvalue weighted by molar-refractivity contribution is -0.117. The minimum absolute atomic E-state index is 0.116. The second-order valence-corrected chi connectivity index (χ2v) is 6.62. The van der Waals surface area contributed by atoms with Crippen molar-refractivity contribution in [1.82, 2.24) is 0 Å². The first-order valence-electron chi connectivity index (χ1n) is 9.25. The van der Waals surface area contributed by atoms with Gasteiger partial charge in [0.25, 0.3) is 0 Å². The van der Waals surface area contributed by atoms with Crippen molar-refractivity contribution in [3.63, 3.8) is 0 Å². The third-order valence-electron chi connectivity index (χ3n) is 4.92. The summed E-state index contributed by atoms with van der Waals surface area (Å²) in [6.45, 7) is 2.08. The highest BCUT2D eigenvalue weighted by Gasteiger charge is 2.29. The maximum Gasteiger partial charge on any atom is 0.242 e. The van der Waals surface area contributed by atoms with Gasteiger partial charge in [-0.2, -0.15) is 0 Å². The minimum Gasteiger partial charge on any atom is -0.324 e. The molecule has 3 rings (SSSR count). The van der Waals surface area contributed by atoms with E-state index in [1.807, 2.05) is 42.5 Å². The number of hydrogen-bond acceptors (Lipinski definition) is 2. The molecule has 3 heteroatoms. The lowest BCUT2D eigenvalue weighted by Crippen LogP contribution is -2.41. The van der Waals surface area contributed by atoms with Crippen LogP contribution in [-0.2, 0) is 11.2 Å². The monoisotopic (exact) mass is 346 g/mol. The van der Waals surface area contributed by atoms with Crippen molar-refractivity contribution in [2.75, 3.05) is 5.32 Å². The summed E-state index contributed by atoms with van der Waals surface area (Å²) < 4.78 is 0. The molecule has 1 aliphatic rings. The Morgan fingerprint density at radius 1 is 1.12 bits per heavy atom. The van der Waals surface area contributed by atoms with E-state index in [0.29, 0.717) is 0 Å². The van der Waals surface area contributed by atoms with Crippen LogP contribution in [0.5, 0.6) is 0 Å². The van der Waals surface area contributed by atoms with Gasteiger partial charge in [0.05, 0.1) is 6.04 Å². The molecule has 2 aromatic rings. The maximum absolute atomic E-state index is 13.0. The third kappa shape index (κ3) is 4.12. The molecule has 2 aromatic carbocycles. The topological polar surface area (TPSA) is 55.1 Å². The van der Waals surface area contributed by atoms with Crippen molar-refractivity contribution >= 4 is 11.6 Å². The summed E-state index contributed by atoms with van der Waals surface area (Å²) in [4.78, 5) is 13.0. The van der Waals surface area contributed by atoms with Crippen LogP contribution in [0.3, 0.4) is 0 Å². The number of aryl methyl sites for hydroxylation is 1. The van der Waals surface area contributed by atoms with Crippen molar-refractivity contribution in [3.05, 3.63) is 89.5 Å². The molecule has 3 nitrogen and oxygen atoms in total. The second-order valence-electron chi connectivity index (χ2n) is 6.62. The fourth-order valence-electron chi connectivity index (χ4n) is 3.51. The Bertz CT molecular complexity index is 808. The second kappa shape index (κ2) is 8.63. The van der Waals surface area contributed by atoms with Crippen LogP contribution < -0.4 is 11.1 Å². The molecule has 0 radical (unpaired) electrons. The van der Waals surface area contributed by atoms with Crippen LogP contribution in [0, 0.1) is 0 Å². The lowest BCUT2D eigenvalue weighted by Gasteiger charge is -2.27. The largest absolute Gasteiger partial charge is 0.324 e. The fourth-order valence-corrected chi connectivity index (χ4v) is 3.51. The average molecular weight is 346 g/mol. The van der Waals surface area contributed by atoms with E-state index in [-0.39, 0.29) is 11.8 Å². The van der Waals surface area contributed by atoms with Gasteiger partial charge in [0.15, 0.2) is 0 Å². The summed E-state index contributed by atoms with van der Waals surface area (Å²) in [5.74, 6) is -0.259. The first-order chi connectivity index (χ1) is 12.7. The normalized spacial score (nSPS) is 15.8. The van der Waals surface area contributed by atoms with Gasteiger partial charge in [-0.1, -0.05) is 79.3 Å². The quantitative estimate of drug-likeness (QED) is 0.805. The summed E-state index contributed by atoms with van der Waals surface area (Å²) >= 11 is 0. The molecule has 26 heavy (non-hydrogen) atoms. The van der Waals surface area contributed by atoms with Crippen LogP contribution >= 0.6 is 0 Å². The zero-order valence-corrected chi connectivity index (χ0v) is 15.2. The van der Waals surface area contributed by atoms with E-state index < -0.39 is 6.04 Å². The predicted octanol–water partition coefficient (Wildman–Crippen LogP) is 4.58. The highest BCUT2D eigenvalue weighted by Crippen LogP contribution is 2.32. The highest BCUT2D eigenvalue weighted by molar-refractivity contribution is 5.96. The smallest absolute Gasteiger partial charge is 0.242 e. The number of nitrogens with one attached hydrogen (secondary N) is 1. The lowest BCUT2D eigenvalue weighted by atomic mass is 9.81. The van der Waals surface area contributed by atoms with Gasteiger partial charge in [0.2, 0.25) is 5.91 Å². The van der Waals surface area contributed by atoms with Gasteiger partial charge < -0.3 is 11.1 Å². The Balaban J connectivity index is 1.87. The Morgan fingerprint density at radius 2 is 1.85 bits per heavy atom. The molecule has 0 aliphatic heterocycles. The zero-order valence-electron chi connectivity index (χ0n) is 15.2. The molecule has 0 saturated carbocycles. The van der Waals surface area contributed by atoms with Crippen molar-refractivity contribution in [1.29, 1.82) is 0 Å². The van der Waals surface area contributed by atoms with Crippen molar-refractivity contribution < 1.29 is 4.79 Å². The Hall–Kier alpha value is -2.65. The van der Waals surface area contributed by atoms with E-state index in [1.165, 1.54) is 5.57 Å². The number of hydrogen-bond donors (Lipinski definition) is 2. The zero-order chi connectivity index (χ0) is 18.4. The summed E-state index contributed by atoms with van der Waals surface area (Å²) in [7, 11) is 0. The average Bonchev–Trinajstić information content (AvgIpc) is 2.70. The Labute approximate surface area is 155 Å². The van der Waals surface area contributed by atoms with E-state index in [1.54, 1.807) is 0 Å². The molecule has 0 bridgehead atoms. The minimum atomic E-state index is -0.639. The van der Waals surface area contributed by atoms with E-state index in [4.69, 9.17) is 5.73 Å². The summed E-state index contributed by atoms with van der Waals surface area (Å²) in [6.07, 6.45) is 9.10. The molecular weight excluding hydrogens is 320 g/mol. The van der Waals surface area contributed by atoms with Gasteiger partial charge in [-0.25, -0.2) is 0 Å². The number of carbonyl (C=O) groups excluding carboxylic acids is 1. The van der Waals surface area contributed by atoms with Gasteiger partial charge in [-0.05, 0) is 36.5 Å². The van der Waals surface area contributed by atoms with Crippen LogP contribution in [0.4, 0.5) is 5.69 Å². The molecule has 0 saturated heterocycles. The number of nitrogens with two attached hydrogens (primary N) is 1. The number of para-hydroxylation sites is 1. The Morgan fingerprint density at radius 3 is 2.54 bits per heavy atom. The maximum atomic E-state index is 13.0. The van der Waals surface area contributed by atoms with E-state index in [0.717, 1.165) is 36.1 Å². The van der Waals surface area contributed by atoms with Crippen molar-refractivity contribution in [2.24, 2.45) is 5.73 Å². The molecule has 0 heterocycles. The summed E-state index contributed by atoms with van der Waals surface area (Å²) in [5, 5.41) is 3.04. The van der Waals surface area contributed by atoms with Crippen LogP contribution in [0.25, 0.3) is 0 Å². The summed E-state index contributed by atoms with van der Waals surface area (Å²) in [6, 6.07) is 17.3. The van der Waals surface area contributed by atoms with E-state index in [9.17, 15) is 4.79 Å². The Kier molecular flexibility index (Phi) is 6.03. The van der Waals surface area contributed by atoms with Gasteiger partial charge in [-0.3, -0.25) is 4.79 Å². The third-order valence-corrected chi connectivity index (χ3v) is 4.92. The number of amides is 1. The van der Waals surface area contributed by atoms with E-state index in [2.05, 4.69) is 42.6 Å². The molecule has 2 unspecified atom stereocenters. The van der Waals surface area contributed by atoms with Gasteiger partial charge in [-0.15, -0.1) is 0 Å². The number of anilines is 1. The number of rotatable bonds is 6. The molecule has 0 fully saturated rings. The molecule has 3 N–H and O–H groups in total. The van der Waals surface area contributed by atoms with Crippen LogP contribution in [0.1, 0.15) is 36.8 Å². The molecule has 1 aliphatic carbocycles. The first kappa shape index (κ1) is 18.2. The number of allylic oxidation sites excluding steroid dienone is 3.